The second-order valence-electron chi connectivity index (χ2n) is 6.00. The van der Waals surface area contributed by atoms with Gasteiger partial charge in [0.25, 0.3) is 5.56 Å². The topological polar surface area (TPSA) is 116 Å². The Labute approximate surface area is 168 Å². The molecule has 8 nitrogen and oxygen atoms in total. The number of nitrogens with zero attached hydrogens (tertiary/aromatic N) is 2. The van der Waals surface area contributed by atoms with Crippen LogP contribution in [-0.4, -0.2) is 34.4 Å². The van der Waals surface area contributed by atoms with E-state index in [4.69, 9.17) is 10.6 Å². The van der Waals surface area contributed by atoms with Crippen molar-refractivity contribution in [1.82, 2.24) is 9.66 Å². The first kappa shape index (κ1) is 19.9. The average Bonchev–Trinajstić information content (AvgIpc) is 2.99. The van der Waals surface area contributed by atoms with Gasteiger partial charge in [0.15, 0.2) is 5.16 Å². The molecule has 3 aromatic rings. The Morgan fingerprint density at radius 1 is 1.36 bits per heavy atom. The van der Waals surface area contributed by atoms with Crippen molar-refractivity contribution in [3.63, 3.8) is 0 Å². The van der Waals surface area contributed by atoms with Gasteiger partial charge < -0.3 is 15.9 Å². The fraction of sp³-hybridized carbons (Fsp3) is 0.222. The number of nitrogens with one attached hydrogen (secondary N) is 1. The summed E-state index contributed by atoms with van der Waals surface area (Å²) in [4.78, 5) is 41.7. The van der Waals surface area contributed by atoms with Gasteiger partial charge >= 0.3 is 5.97 Å². The SMILES string of the molecule is COC(=O)c1sc2nc(SCC(=O)Nc3cccc(C)c3)n(N)c(=O)c2c1C. The van der Waals surface area contributed by atoms with Crippen LogP contribution in [0.2, 0.25) is 0 Å². The number of benzene rings is 1. The molecule has 0 spiro atoms. The van der Waals surface area contributed by atoms with Crippen molar-refractivity contribution < 1.29 is 14.3 Å². The number of methoxy groups -OCH3 is 1. The number of esters is 1. The molecule has 10 heteroatoms. The van der Waals surface area contributed by atoms with Gasteiger partial charge in [0.2, 0.25) is 5.91 Å². The Kier molecular flexibility index (Phi) is 5.71. The third-order valence-corrected chi connectivity index (χ3v) is 6.09. The summed E-state index contributed by atoms with van der Waals surface area (Å²) in [6.07, 6.45) is 0. The van der Waals surface area contributed by atoms with E-state index < -0.39 is 11.5 Å². The normalized spacial score (nSPS) is 10.8. The molecule has 2 heterocycles. The number of hydrogen-bond acceptors (Lipinski definition) is 8. The first-order valence-corrected chi connectivity index (χ1v) is 10.0. The lowest BCUT2D eigenvalue weighted by atomic mass is 10.2. The minimum Gasteiger partial charge on any atom is -0.465 e. The Morgan fingerprint density at radius 2 is 2.11 bits per heavy atom. The van der Waals surface area contributed by atoms with E-state index in [9.17, 15) is 14.4 Å². The van der Waals surface area contributed by atoms with Crippen molar-refractivity contribution in [3.8, 4) is 0 Å². The smallest absolute Gasteiger partial charge is 0.348 e. The first-order chi connectivity index (χ1) is 13.3. The van der Waals surface area contributed by atoms with Crippen molar-refractivity contribution >= 4 is 50.9 Å². The van der Waals surface area contributed by atoms with Crippen LogP contribution in [0.15, 0.2) is 34.2 Å². The number of anilines is 1. The summed E-state index contributed by atoms with van der Waals surface area (Å²) < 4.78 is 5.63. The van der Waals surface area contributed by atoms with Gasteiger partial charge in [-0.3, -0.25) is 9.59 Å². The molecule has 0 bridgehead atoms. The van der Waals surface area contributed by atoms with Gasteiger partial charge in [-0.25, -0.2) is 14.5 Å². The number of aromatic nitrogens is 2. The summed E-state index contributed by atoms with van der Waals surface area (Å²) in [5.74, 6) is 5.12. The fourth-order valence-corrected chi connectivity index (χ4v) is 4.47. The van der Waals surface area contributed by atoms with Crippen LogP contribution in [0.1, 0.15) is 20.8 Å². The van der Waals surface area contributed by atoms with E-state index in [1.54, 1.807) is 13.0 Å². The highest BCUT2D eigenvalue weighted by Crippen LogP contribution is 2.29. The van der Waals surface area contributed by atoms with E-state index in [-0.39, 0.29) is 22.2 Å². The van der Waals surface area contributed by atoms with Crippen molar-refractivity contribution in [2.45, 2.75) is 19.0 Å². The molecule has 0 saturated heterocycles. The number of nitrogens with two attached hydrogens (primary N) is 1. The first-order valence-electron chi connectivity index (χ1n) is 8.20. The second-order valence-corrected chi connectivity index (χ2v) is 7.95. The van der Waals surface area contributed by atoms with Crippen molar-refractivity contribution in [1.29, 1.82) is 0 Å². The molecule has 28 heavy (non-hydrogen) atoms. The number of aryl methyl sites for hydroxylation is 2. The van der Waals surface area contributed by atoms with Gasteiger partial charge in [-0.15, -0.1) is 11.3 Å². The van der Waals surface area contributed by atoms with E-state index in [1.165, 1.54) is 7.11 Å². The van der Waals surface area contributed by atoms with Gasteiger partial charge in [0.05, 0.1) is 18.2 Å². The lowest BCUT2D eigenvalue weighted by Gasteiger charge is -2.08. The summed E-state index contributed by atoms with van der Waals surface area (Å²) in [7, 11) is 1.27. The van der Waals surface area contributed by atoms with E-state index in [0.717, 1.165) is 33.3 Å². The summed E-state index contributed by atoms with van der Waals surface area (Å²) >= 11 is 2.11. The Balaban J connectivity index is 1.83. The zero-order chi connectivity index (χ0) is 20.4. The third kappa shape index (κ3) is 3.87. The zero-order valence-corrected chi connectivity index (χ0v) is 17.1. The van der Waals surface area contributed by atoms with Crippen LogP contribution < -0.4 is 16.7 Å². The molecule has 0 aliphatic carbocycles. The number of amides is 1. The highest BCUT2D eigenvalue weighted by atomic mass is 32.2. The number of nitrogen functional groups attached to an aromatic ring is 1. The van der Waals surface area contributed by atoms with Crippen molar-refractivity contribution in [2.24, 2.45) is 0 Å². The molecule has 146 valence electrons. The summed E-state index contributed by atoms with van der Waals surface area (Å²) in [6.45, 7) is 3.58. The van der Waals surface area contributed by atoms with Crippen LogP contribution in [0.4, 0.5) is 5.69 Å². The summed E-state index contributed by atoms with van der Waals surface area (Å²) in [5, 5.41) is 3.25. The Bertz CT molecular complexity index is 1140. The molecule has 0 radical (unpaired) electrons. The number of carbonyl (C=O) groups is 2. The molecule has 3 N–H and O–H groups in total. The predicted octanol–water partition coefficient (Wildman–Crippen LogP) is 2.31. The molecule has 2 aromatic heterocycles. The molecule has 1 amide bonds. The summed E-state index contributed by atoms with van der Waals surface area (Å²) in [5.41, 5.74) is 1.73. The van der Waals surface area contributed by atoms with E-state index in [2.05, 4.69) is 10.3 Å². The lowest BCUT2D eigenvalue weighted by molar-refractivity contribution is -0.113. The van der Waals surface area contributed by atoms with Gasteiger partial charge in [0, 0.05) is 5.69 Å². The minimum atomic E-state index is -0.532. The Hall–Kier alpha value is -2.85. The zero-order valence-electron chi connectivity index (χ0n) is 15.4. The van der Waals surface area contributed by atoms with Gasteiger partial charge in [-0.05, 0) is 37.1 Å². The molecule has 1 aromatic carbocycles. The standard InChI is InChI=1S/C18H18N4O4S2/c1-9-5-4-6-11(7-9)20-12(23)8-27-18-21-15-13(16(24)22(18)19)10(2)14(28-15)17(25)26-3/h4-7H,8,19H2,1-3H3,(H,20,23). The van der Waals surface area contributed by atoms with Crippen molar-refractivity contribution in [3.05, 3.63) is 50.6 Å². The monoisotopic (exact) mass is 418 g/mol. The van der Waals surface area contributed by atoms with Crippen LogP contribution >= 0.6 is 23.1 Å². The van der Waals surface area contributed by atoms with E-state index in [1.807, 2.05) is 25.1 Å². The predicted molar refractivity (Wildman–Crippen MR) is 111 cm³/mol. The number of thioether (sulfide) groups is 1. The molecular weight excluding hydrogens is 400 g/mol. The average molecular weight is 419 g/mol. The molecule has 3 rings (SSSR count). The van der Waals surface area contributed by atoms with Crippen LogP contribution in [-0.2, 0) is 9.53 Å². The summed E-state index contributed by atoms with van der Waals surface area (Å²) in [6, 6.07) is 7.43. The minimum absolute atomic E-state index is 0.0251. The maximum atomic E-state index is 12.6. The lowest BCUT2D eigenvalue weighted by Crippen LogP contribution is -2.30. The highest BCUT2D eigenvalue weighted by Gasteiger charge is 2.21. The number of thiophene rings is 1. The largest absolute Gasteiger partial charge is 0.465 e. The molecule has 0 aliphatic heterocycles. The molecule has 0 atom stereocenters. The maximum Gasteiger partial charge on any atom is 0.348 e. The van der Waals surface area contributed by atoms with E-state index >= 15 is 0 Å². The number of hydrogen-bond donors (Lipinski definition) is 2. The van der Waals surface area contributed by atoms with Crippen LogP contribution in [0.3, 0.4) is 0 Å². The Morgan fingerprint density at radius 3 is 2.79 bits per heavy atom. The number of rotatable bonds is 5. The molecule has 0 aliphatic rings. The third-order valence-electron chi connectivity index (χ3n) is 3.97. The maximum absolute atomic E-state index is 12.6. The second kappa shape index (κ2) is 8.03. The molecule has 0 unspecified atom stereocenters. The van der Waals surface area contributed by atoms with Gasteiger partial charge in [-0.1, -0.05) is 23.9 Å². The molecular formula is C18H18N4O4S2. The van der Waals surface area contributed by atoms with Gasteiger partial charge in [-0.2, -0.15) is 0 Å². The number of fused-ring (bicyclic) bond motifs is 1. The van der Waals surface area contributed by atoms with Gasteiger partial charge in [0.1, 0.15) is 9.71 Å². The molecule has 0 saturated carbocycles. The van der Waals surface area contributed by atoms with Crippen LogP contribution in [0.25, 0.3) is 10.2 Å². The number of carbonyl (C=O) groups excluding carboxylic acids is 2. The van der Waals surface area contributed by atoms with Crippen LogP contribution in [0.5, 0.6) is 0 Å². The quantitative estimate of drug-likeness (QED) is 0.283. The van der Waals surface area contributed by atoms with E-state index in [0.29, 0.717) is 21.0 Å². The molecule has 0 fully saturated rings. The van der Waals surface area contributed by atoms with Crippen molar-refractivity contribution in [2.75, 3.05) is 24.0 Å². The fourth-order valence-electron chi connectivity index (χ4n) is 2.62. The highest BCUT2D eigenvalue weighted by molar-refractivity contribution is 7.99. The number of ether oxygens (including phenoxy) is 1. The van der Waals surface area contributed by atoms with Crippen LogP contribution in [0, 0.1) is 13.8 Å².